The van der Waals surface area contributed by atoms with Crippen molar-refractivity contribution in [3.63, 3.8) is 0 Å². The average molecular weight is 286 g/mol. The van der Waals surface area contributed by atoms with E-state index in [1.54, 1.807) is 11.3 Å². The second-order valence-electron chi connectivity index (χ2n) is 5.46. The van der Waals surface area contributed by atoms with Gasteiger partial charge in [-0.2, -0.15) is 5.10 Å². The van der Waals surface area contributed by atoms with Crippen molar-refractivity contribution in [2.75, 3.05) is 24.8 Å². The Bertz CT molecular complexity index is 561. The highest BCUT2D eigenvalue weighted by Gasteiger charge is 2.35. The summed E-state index contributed by atoms with van der Waals surface area (Å²) in [6.07, 6.45) is 1.93. The maximum absolute atomic E-state index is 5.35. The number of anilines is 1. The molecule has 1 aliphatic rings. The van der Waals surface area contributed by atoms with Crippen molar-refractivity contribution in [3.05, 3.63) is 52.7 Å². The summed E-state index contributed by atoms with van der Waals surface area (Å²) in [5, 5.41) is 8.80. The molecule has 1 aromatic carbocycles. The van der Waals surface area contributed by atoms with Gasteiger partial charge in [0, 0.05) is 10.3 Å². The van der Waals surface area contributed by atoms with Crippen molar-refractivity contribution in [3.8, 4) is 0 Å². The van der Waals surface area contributed by atoms with Gasteiger partial charge in [0.2, 0.25) is 0 Å². The van der Waals surface area contributed by atoms with E-state index in [-0.39, 0.29) is 5.41 Å². The SMILES string of the molecule is CC1(CN(/N=C/c2cccs2)c2ccccc2)COC1. The van der Waals surface area contributed by atoms with Gasteiger partial charge in [0.1, 0.15) is 0 Å². The lowest BCUT2D eigenvalue weighted by Crippen LogP contribution is -2.47. The van der Waals surface area contributed by atoms with E-state index in [0.29, 0.717) is 0 Å². The fourth-order valence-corrected chi connectivity index (χ4v) is 2.77. The molecule has 0 aliphatic carbocycles. The zero-order chi connectivity index (χ0) is 13.8. The number of para-hydroxylation sites is 1. The fourth-order valence-electron chi connectivity index (χ4n) is 2.19. The zero-order valence-corrected chi connectivity index (χ0v) is 12.3. The fraction of sp³-hybridized carbons (Fsp3) is 0.312. The van der Waals surface area contributed by atoms with Crippen LogP contribution in [0.4, 0.5) is 5.69 Å². The van der Waals surface area contributed by atoms with Crippen LogP contribution < -0.4 is 5.01 Å². The molecule has 20 heavy (non-hydrogen) atoms. The first-order chi connectivity index (χ1) is 9.75. The Hall–Kier alpha value is -1.65. The van der Waals surface area contributed by atoms with E-state index in [2.05, 4.69) is 40.6 Å². The van der Waals surface area contributed by atoms with E-state index in [1.807, 2.05) is 30.5 Å². The molecule has 104 valence electrons. The second-order valence-corrected chi connectivity index (χ2v) is 6.44. The minimum absolute atomic E-state index is 0.197. The maximum Gasteiger partial charge on any atom is 0.0647 e. The molecule has 0 spiro atoms. The summed E-state index contributed by atoms with van der Waals surface area (Å²) < 4.78 is 5.35. The summed E-state index contributed by atoms with van der Waals surface area (Å²) in [5.41, 5.74) is 1.32. The zero-order valence-electron chi connectivity index (χ0n) is 11.5. The molecule has 0 bridgehead atoms. The minimum Gasteiger partial charge on any atom is -0.380 e. The Labute approximate surface area is 123 Å². The van der Waals surface area contributed by atoms with Crippen LogP contribution in [0.3, 0.4) is 0 Å². The van der Waals surface area contributed by atoms with Crippen LogP contribution in [0.1, 0.15) is 11.8 Å². The Kier molecular flexibility index (Phi) is 3.85. The Balaban J connectivity index is 1.79. The van der Waals surface area contributed by atoms with E-state index < -0.39 is 0 Å². The summed E-state index contributed by atoms with van der Waals surface area (Å²) in [7, 11) is 0. The van der Waals surface area contributed by atoms with Crippen LogP contribution in [-0.4, -0.2) is 26.0 Å². The van der Waals surface area contributed by atoms with E-state index >= 15 is 0 Å². The van der Waals surface area contributed by atoms with Gasteiger partial charge in [0.25, 0.3) is 0 Å². The number of hydrogen-bond donors (Lipinski definition) is 0. The normalized spacial score (nSPS) is 17.1. The van der Waals surface area contributed by atoms with E-state index in [9.17, 15) is 0 Å². The predicted octanol–water partition coefficient (Wildman–Crippen LogP) is 3.63. The van der Waals surface area contributed by atoms with Gasteiger partial charge in [-0.15, -0.1) is 11.3 Å². The summed E-state index contributed by atoms with van der Waals surface area (Å²) in [5.74, 6) is 0. The molecule has 2 aromatic rings. The average Bonchev–Trinajstić information content (AvgIpc) is 2.96. The molecular formula is C16H18N2OS. The minimum atomic E-state index is 0.197. The molecule has 0 atom stereocenters. The standard InChI is InChI=1S/C16H18N2OS/c1-16(12-19-13-16)11-18(14-6-3-2-4-7-14)17-10-15-8-5-9-20-15/h2-10H,11-13H2,1H3/b17-10+. The topological polar surface area (TPSA) is 24.8 Å². The molecule has 1 saturated heterocycles. The molecular weight excluding hydrogens is 268 g/mol. The second kappa shape index (κ2) is 5.77. The predicted molar refractivity (Wildman–Crippen MR) is 84.6 cm³/mol. The Morgan fingerprint density at radius 1 is 1.25 bits per heavy atom. The number of ether oxygens (including phenoxy) is 1. The van der Waals surface area contributed by atoms with Crippen LogP contribution in [0.25, 0.3) is 0 Å². The Morgan fingerprint density at radius 2 is 2.05 bits per heavy atom. The van der Waals surface area contributed by atoms with Crippen molar-refractivity contribution in [1.29, 1.82) is 0 Å². The van der Waals surface area contributed by atoms with Gasteiger partial charge in [-0.3, -0.25) is 5.01 Å². The van der Waals surface area contributed by atoms with Gasteiger partial charge in [0.15, 0.2) is 0 Å². The third-order valence-electron chi connectivity index (χ3n) is 3.35. The van der Waals surface area contributed by atoms with Crippen molar-refractivity contribution in [2.24, 2.45) is 10.5 Å². The highest BCUT2D eigenvalue weighted by Crippen LogP contribution is 2.30. The van der Waals surface area contributed by atoms with Crippen LogP contribution in [0.15, 0.2) is 52.9 Å². The molecule has 1 aromatic heterocycles. The summed E-state index contributed by atoms with van der Waals surface area (Å²) in [6, 6.07) is 14.4. The van der Waals surface area contributed by atoms with Gasteiger partial charge in [-0.05, 0) is 23.6 Å². The van der Waals surface area contributed by atoms with Crippen LogP contribution in [-0.2, 0) is 4.74 Å². The number of nitrogens with zero attached hydrogens (tertiary/aromatic N) is 2. The first kappa shape index (κ1) is 13.3. The van der Waals surface area contributed by atoms with Crippen molar-refractivity contribution >= 4 is 23.2 Å². The maximum atomic E-state index is 5.35. The summed E-state index contributed by atoms with van der Waals surface area (Å²) in [4.78, 5) is 1.17. The molecule has 1 aliphatic heterocycles. The van der Waals surface area contributed by atoms with E-state index in [4.69, 9.17) is 4.74 Å². The van der Waals surface area contributed by atoms with Gasteiger partial charge in [0.05, 0.1) is 31.7 Å². The summed E-state index contributed by atoms with van der Waals surface area (Å²) >= 11 is 1.70. The quantitative estimate of drug-likeness (QED) is 0.619. The van der Waals surface area contributed by atoms with Crippen LogP contribution >= 0.6 is 11.3 Å². The number of benzene rings is 1. The Morgan fingerprint density at radius 3 is 2.65 bits per heavy atom. The third kappa shape index (κ3) is 3.08. The van der Waals surface area contributed by atoms with Crippen LogP contribution in [0.2, 0.25) is 0 Å². The highest BCUT2D eigenvalue weighted by atomic mass is 32.1. The van der Waals surface area contributed by atoms with Gasteiger partial charge in [-0.25, -0.2) is 0 Å². The number of rotatable bonds is 5. The molecule has 0 radical (unpaired) electrons. The molecule has 3 nitrogen and oxygen atoms in total. The molecule has 0 amide bonds. The van der Waals surface area contributed by atoms with Crippen LogP contribution in [0, 0.1) is 5.41 Å². The summed E-state index contributed by atoms with van der Waals surface area (Å²) in [6.45, 7) is 4.74. The first-order valence-electron chi connectivity index (χ1n) is 6.73. The number of thiophene rings is 1. The van der Waals surface area contributed by atoms with Gasteiger partial charge >= 0.3 is 0 Å². The van der Waals surface area contributed by atoms with Crippen LogP contribution in [0.5, 0.6) is 0 Å². The molecule has 0 saturated carbocycles. The van der Waals surface area contributed by atoms with Crippen molar-refractivity contribution < 1.29 is 4.74 Å². The lowest BCUT2D eigenvalue weighted by atomic mass is 9.88. The number of hydrazone groups is 1. The lowest BCUT2D eigenvalue weighted by molar-refractivity contribution is -0.0955. The largest absolute Gasteiger partial charge is 0.380 e. The van der Waals surface area contributed by atoms with Gasteiger partial charge in [-0.1, -0.05) is 31.2 Å². The van der Waals surface area contributed by atoms with Gasteiger partial charge < -0.3 is 4.74 Å². The molecule has 2 heterocycles. The monoisotopic (exact) mass is 286 g/mol. The smallest absolute Gasteiger partial charge is 0.0647 e. The van der Waals surface area contributed by atoms with E-state index in [1.165, 1.54) is 4.88 Å². The molecule has 0 unspecified atom stereocenters. The van der Waals surface area contributed by atoms with Crippen molar-refractivity contribution in [2.45, 2.75) is 6.92 Å². The van der Waals surface area contributed by atoms with Crippen molar-refractivity contribution in [1.82, 2.24) is 0 Å². The third-order valence-corrected chi connectivity index (χ3v) is 4.16. The molecule has 3 rings (SSSR count). The highest BCUT2D eigenvalue weighted by molar-refractivity contribution is 7.11. The number of hydrogen-bond acceptors (Lipinski definition) is 4. The molecule has 0 N–H and O–H groups in total. The van der Waals surface area contributed by atoms with E-state index in [0.717, 1.165) is 25.4 Å². The molecule has 4 heteroatoms. The lowest BCUT2D eigenvalue weighted by Gasteiger charge is -2.40. The molecule has 1 fully saturated rings. The first-order valence-corrected chi connectivity index (χ1v) is 7.61.